The van der Waals surface area contributed by atoms with Crippen molar-refractivity contribution in [1.82, 2.24) is 4.98 Å². The number of fused-ring (bicyclic) bond motifs is 2. The van der Waals surface area contributed by atoms with Crippen LogP contribution in [-0.2, 0) is 25.4 Å². The molecule has 1 heterocycles. The van der Waals surface area contributed by atoms with Crippen LogP contribution in [0.15, 0.2) is 91.6 Å². The van der Waals surface area contributed by atoms with Gasteiger partial charge in [-0.2, -0.15) is 13.2 Å². The molecule has 0 radical (unpaired) electrons. The summed E-state index contributed by atoms with van der Waals surface area (Å²) in [5, 5.41) is 6.44. The predicted molar refractivity (Wildman–Crippen MR) is 151 cm³/mol. The maximum atomic E-state index is 13.2. The fourth-order valence-corrected chi connectivity index (χ4v) is 5.04. The van der Waals surface area contributed by atoms with E-state index in [0.29, 0.717) is 11.3 Å². The lowest BCUT2D eigenvalue weighted by Crippen LogP contribution is -2.06. The van der Waals surface area contributed by atoms with Crippen molar-refractivity contribution in [2.45, 2.75) is 39.3 Å². The van der Waals surface area contributed by atoms with Gasteiger partial charge in [-0.25, -0.2) is 0 Å². The average Bonchev–Trinajstić information content (AvgIpc) is 2.92. The first-order valence-electron chi connectivity index (χ1n) is 12.8. The van der Waals surface area contributed by atoms with Gasteiger partial charge in [-0.3, -0.25) is 4.98 Å². The molecule has 0 saturated carbocycles. The molecule has 5 rings (SSSR count). The highest BCUT2D eigenvalue weighted by Crippen LogP contribution is 2.33. The summed E-state index contributed by atoms with van der Waals surface area (Å²) in [5.74, 6) is 0. The Morgan fingerprint density at radius 1 is 0.816 bits per heavy atom. The molecule has 1 aromatic heterocycles. The van der Waals surface area contributed by atoms with Gasteiger partial charge in [-0.1, -0.05) is 62.9 Å². The smallest absolute Gasteiger partial charge is 0.355 e. The van der Waals surface area contributed by atoms with Gasteiger partial charge in [0.15, 0.2) is 0 Å². The van der Waals surface area contributed by atoms with Crippen molar-refractivity contribution < 1.29 is 13.2 Å². The van der Waals surface area contributed by atoms with E-state index >= 15 is 0 Å². The molecular formula is C33H29F3N2. The zero-order valence-electron chi connectivity index (χ0n) is 21.5. The molecule has 38 heavy (non-hydrogen) atoms. The minimum atomic E-state index is -4.40. The molecule has 0 aliphatic heterocycles. The van der Waals surface area contributed by atoms with Gasteiger partial charge in [-0.05, 0) is 88.9 Å². The van der Waals surface area contributed by atoms with Crippen molar-refractivity contribution >= 4 is 33.1 Å². The van der Waals surface area contributed by atoms with E-state index in [-0.39, 0.29) is 0 Å². The fourth-order valence-electron chi connectivity index (χ4n) is 5.04. The van der Waals surface area contributed by atoms with E-state index in [2.05, 4.69) is 67.1 Å². The molecule has 2 nitrogen and oxygen atoms in total. The maximum absolute atomic E-state index is 13.2. The Kier molecular flexibility index (Phi) is 6.94. The Morgan fingerprint density at radius 3 is 2.34 bits per heavy atom. The van der Waals surface area contributed by atoms with Crippen molar-refractivity contribution in [3.05, 3.63) is 125 Å². The van der Waals surface area contributed by atoms with Gasteiger partial charge in [-0.15, -0.1) is 0 Å². The summed E-state index contributed by atoms with van der Waals surface area (Å²) < 4.78 is 39.5. The molecule has 0 fully saturated rings. The highest BCUT2D eigenvalue weighted by Gasteiger charge is 2.30. The van der Waals surface area contributed by atoms with Crippen LogP contribution in [0, 0.1) is 0 Å². The second kappa shape index (κ2) is 10.3. The van der Waals surface area contributed by atoms with Crippen LogP contribution in [0.4, 0.5) is 18.9 Å². The van der Waals surface area contributed by atoms with Gasteiger partial charge in [0.2, 0.25) is 0 Å². The summed E-state index contributed by atoms with van der Waals surface area (Å²) in [4.78, 5) is 4.62. The van der Waals surface area contributed by atoms with E-state index < -0.39 is 11.7 Å². The number of rotatable bonds is 7. The summed E-state index contributed by atoms with van der Waals surface area (Å²) in [6, 6.07) is 24.0. The Bertz CT molecular complexity index is 1650. The van der Waals surface area contributed by atoms with Gasteiger partial charge in [0, 0.05) is 28.4 Å². The van der Waals surface area contributed by atoms with Gasteiger partial charge in [0.25, 0.3) is 0 Å². The van der Waals surface area contributed by atoms with Crippen molar-refractivity contribution in [2.75, 3.05) is 5.32 Å². The zero-order chi connectivity index (χ0) is 26.9. The van der Waals surface area contributed by atoms with Crippen LogP contribution in [0.5, 0.6) is 0 Å². The largest absolute Gasteiger partial charge is 0.416 e. The van der Waals surface area contributed by atoms with Crippen molar-refractivity contribution in [1.29, 1.82) is 0 Å². The molecule has 5 heteroatoms. The third-order valence-corrected chi connectivity index (χ3v) is 7.08. The first-order valence-corrected chi connectivity index (χ1v) is 12.8. The van der Waals surface area contributed by atoms with Crippen LogP contribution in [-0.4, -0.2) is 4.98 Å². The number of aryl methyl sites for hydroxylation is 2. The second-order valence-corrected chi connectivity index (χ2v) is 9.54. The average molecular weight is 511 g/mol. The van der Waals surface area contributed by atoms with E-state index in [4.69, 9.17) is 0 Å². The Labute approximate surface area is 220 Å². The maximum Gasteiger partial charge on any atom is 0.416 e. The van der Waals surface area contributed by atoms with Crippen LogP contribution < -0.4 is 5.32 Å². The zero-order valence-corrected chi connectivity index (χ0v) is 21.5. The first kappa shape index (κ1) is 25.5. The van der Waals surface area contributed by atoms with Crippen LogP contribution in [0.3, 0.4) is 0 Å². The van der Waals surface area contributed by atoms with Gasteiger partial charge in [0.1, 0.15) is 0 Å². The minimum absolute atomic E-state index is 0.399. The Balaban J connectivity index is 1.44. The number of hydrogen-bond acceptors (Lipinski definition) is 2. The topological polar surface area (TPSA) is 24.9 Å². The number of alkyl halides is 3. The van der Waals surface area contributed by atoms with Crippen molar-refractivity contribution in [2.24, 2.45) is 0 Å². The molecule has 0 amide bonds. The normalized spacial score (nSPS) is 11.7. The van der Waals surface area contributed by atoms with Crippen LogP contribution in [0.25, 0.3) is 27.4 Å². The van der Waals surface area contributed by atoms with E-state index in [1.165, 1.54) is 33.7 Å². The number of aromatic nitrogens is 1. The Morgan fingerprint density at radius 2 is 1.58 bits per heavy atom. The van der Waals surface area contributed by atoms with Gasteiger partial charge in [0.05, 0.1) is 11.1 Å². The molecule has 0 unspecified atom stereocenters. The number of nitrogens with one attached hydrogen (secondary N) is 1. The first-order chi connectivity index (χ1) is 18.3. The molecule has 5 aromatic rings. The third kappa shape index (κ3) is 5.14. The van der Waals surface area contributed by atoms with Crippen molar-refractivity contribution in [3.8, 4) is 0 Å². The number of anilines is 1. The summed E-state index contributed by atoms with van der Waals surface area (Å²) in [6.07, 6.45) is 0.239. The molecule has 0 spiro atoms. The molecule has 0 aliphatic carbocycles. The molecule has 4 aromatic carbocycles. The number of hydrogen-bond donors (Lipinski definition) is 1. The monoisotopic (exact) mass is 510 g/mol. The lowest BCUT2D eigenvalue weighted by molar-refractivity contribution is -0.137. The van der Waals surface area contributed by atoms with Crippen LogP contribution >= 0.6 is 0 Å². The summed E-state index contributed by atoms with van der Waals surface area (Å²) in [5.41, 5.74) is 7.07. The summed E-state index contributed by atoms with van der Waals surface area (Å²) in [7, 11) is 0. The van der Waals surface area contributed by atoms with E-state index in [1.54, 1.807) is 6.07 Å². The lowest BCUT2D eigenvalue weighted by atomic mass is 9.94. The highest BCUT2D eigenvalue weighted by molar-refractivity contribution is 5.97. The Hall–Kier alpha value is -4.12. The number of nitrogens with zero attached hydrogens (tertiary/aromatic N) is 1. The van der Waals surface area contributed by atoms with Gasteiger partial charge >= 0.3 is 6.18 Å². The SMILES string of the molecule is C=C(Nc1cccc2cc(Cc3ccnc4cc(CC)c(CC)cc34)ccc12)c1cccc(C(F)(F)F)c1. The quantitative estimate of drug-likeness (QED) is 0.236. The molecule has 192 valence electrons. The molecule has 0 bridgehead atoms. The summed E-state index contributed by atoms with van der Waals surface area (Å²) >= 11 is 0. The highest BCUT2D eigenvalue weighted by atomic mass is 19.4. The molecular weight excluding hydrogens is 481 g/mol. The third-order valence-electron chi connectivity index (χ3n) is 7.08. The second-order valence-electron chi connectivity index (χ2n) is 9.54. The summed E-state index contributed by atoms with van der Waals surface area (Å²) in [6.45, 7) is 8.36. The van der Waals surface area contributed by atoms with E-state index in [1.807, 2.05) is 24.4 Å². The van der Waals surface area contributed by atoms with Crippen LogP contribution in [0.2, 0.25) is 0 Å². The molecule has 1 N–H and O–H groups in total. The standard InChI is InChI=1S/C33H29F3N2/c1-4-23-19-30-27(14-15-37-32(30)20-24(23)5-2)17-22-12-13-29-26(16-22)9-7-11-31(29)38-21(3)25-8-6-10-28(18-25)33(34,35)36/h6-16,18-20,38H,3-5,17H2,1-2H3. The van der Waals surface area contributed by atoms with Crippen molar-refractivity contribution in [3.63, 3.8) is 0 Å². The lowest BCUT2D eigenvalue weighted by Gasteiger charge is -2.15. The number of pyridine rings is 1. The minimum Gasteiger partial charge on any atom is -0.355 e. The van der Waals surface area contributed by atoms with E-state index in [0.717, 1.165) is 53.4 Å². The van der Waals surface area contributed by atoms with E-state index in [9.17, 15) is 13.2 Å². The number of halogens is 3. The van der Waals surface area contributed by atoms with Gasteiger partial charge < -0.3 is 5.32 Å². The molecule has 0 saturated heterocycles. The van der Waals surface area contributed by atoms with Crippen LogP contribution in [0.1, 0.15) is 47.2 Å². The predicted octanol–water partition coefficient (Wildman–Crippen LogP) is 9.21. The molecule has 0 aliphatic rings. The number of benzene rings is 4. The molecule has 0 atom stereocenters. The fraction of sp³-hybridized carbons (Fsp3) is 0.182.